The number of phenols is 1. The molecule has 4 N–H and O–H groups in total. The monoisotopic (exact) mass is 452 g/mol. The summed E-state index contributed by atoms with van der Waals surface area (Å²) in [5.41, 5.74) is 0.328. The molecule has 0 aromatic heterocycles. The number of guanidine groups is 1. The number of hydrogen-bond acceptors (Lipinski definition) is 3. The first-order valence-electron chi connectivity index (χ1n) is 7.52. The van der Waals surface area contributed by atoms with Crippen LogP contribution in [0.25, 0.3) is 0 Å². The third kappa shape index (κ3) is 8.90. The number of phenolic OH excluding ortho intramolecular Hbond substituents is 1. The van der Waals surface area contributed by atoms with Crippen LogP contribution in [0.3, 0.4) is 0 Å². The lowest BCUT2D eigenvalue weighted by atomic mass is 10.1. The maximum Gasteiger partial charge on any atom is 0.239 e. The largest absolute Gasteiger partial charge is 0.505 e. The second kappa shape index (κ2) is 10.3. The molecule has 0 saturated carbocycles. The van der Waals surface area contributed by atoms with E-state index < -0.39 is 5.82 Å². The molecule has 0 fully saturated rings. The van der Waals surface area contributed by atoms with Gasteiger partial charge in [0.15, 0.2) is 17.5 Å². The van der Waals surface area contributed by atoms with Gasteiger partial charge in [0.05, 0.1) is 13.1 Å². The number of rotatable bonds is 5. The average molecular weight is 452 g/mol. The number of aliphatic imine (C=N–C) groups is 1. The summed E-state index contributed by atoms with van der Waals surface area (Å²) in [5, 5.41) is 17.9. The zero-order valence-corrected chi connectivity index (χ0v) is 16.8. The van der Waals surface area contributed by atoms with Gasteiger partial charge in [0, 0.05) is 12.1 Å². The number of hydrogen-bond donors (Lipinski definition) is 4. The number of benzene rings is 1. The van der Waals surface area contributed by atoms with Crippen LogP contribution < -0.4 is 16.0 Å². The minimum atomic E-state index is -0.680. The van der Waals surface area contributed by atoms with Crippen molar-refractivity contribution in [3.05, 3.63) is 29.6 Å². The molecule has 0 saturated heterocycles. The summed E-state index contributed by atoms with van der Waals surface area (Å²) in [5.74, 6) is -0.745. The van der Waals surface area contributed by atoms with Gasteiger partial charge >= 0.3 is 0 Å². The normalized spacial score (nSPS) is 11.5. The quantitative estimate of drug-likeness (QED) is 0.313. The van der Waals surface area contributed by atoms with Gasteiger partial charge in [-0.25, -0.2) is 9.38 Å². The van der Waals surface area contributed by atoms with Gasteiger partial charge in [-0.15, -0.1) is 24.0 Å². The summed E-state index contributed by atoms with van der Waals surface area (Å²) in [7, 11) is 0. The maximum atomic E-state index is 13.3. The molecule has 0 aliphatic carbocycles. The van der Waals surface area contributed by atoms with Crippen LogP contribution in [0.2, 0.25) is 0 Å². The zero-order chi connectivity index (χ0) is 17.5. The molecule has 24 heavy (non-hydrogen) atoms. The third-order valence-corrected chi connectivity index (χ3v) is 2.71. The molecule has 136 valence electrons. The van der Waals surface area contributed by atoms with Gasteiger partial charge in [0.25, 0.3) is 0 Å². The lowest BCUT2D eigenvalue weighted by Gasteiger charge is -2.21. The van der Waals surface area contributed by atoms with E-state index in [0.717, 1.165) is 0 Å². The van der Waals surface area contributed by atoms with Gasteiger partial charge in [0.2, 0.25) is 5.91 Å². The van der Waals surface area contributed by atoms with Crippen molar-refractivity contribution < 1.29 is 14.3 Å². The highest BCUT2D eigenvalue weighted by atomic mass is 127. The molecule has 6 nitrogen and oxygen atoms in total. The molecule has 1 rings (SSSR count). The molecular weight excluding hydrogens is 426 g/mol. The predicted octanol–water partition coefficient (Wildman–Crippen LogP) is 2.12. The van der Waals surface area contributed by atoms with Crippen molar-refractivity contribution in [2.45, 2.75) is 39.8 Å². The number of amides is 1. The van der Waals surface area contributed by atoms with Crippen LogP contribution in [0.5, 0.6) is 5.75 Å². The number of aromatic hydroxyl groups is 1. The van der Waals surface area contributed by atoms with Gasteiger partial charge in [0.1, 0.15) is 0 Å². The minimum absolute atomic E-state index is 0. The van der Waals surface area contributed by atoms with E-state index in [0.29, 0.717) is 18.1 Å². The van der Waals surface area contributed by atoms with Gasteiger partial charge in [-0.05, 0) is 45.4 Å². The average Bonchev–Trinajstić information content (AvgIpc) is 2.43. The van der Waals surface area contributed by atoms with Crippen LogP contribution in [0.1, 0.15) is 33.3 Å². The lowest BCUT2D eigenvalue weighted by Crippen LogP contribution is -2.48. The second-order valence-electron chi connectivity index (χ2n) is 6.13. The number of nitrogens with one attached hydrogen (secondary N) is 3. The predicted molar refractivity (Wildman–Crippen MR) is 104 cm³/mol. The highest BCUT2D eigenvalue weighted by Gasteiger charge is 2.13. The topological polar surface area (TPSA) is 85.8 Å². The molecule has 1 aromatic rings. The maximum absolute atomic E-state index is 13.3. The van der Waals surface area contributed by atoms with Crippen LogP contribution in [-0.2, 0) is 11.3 Å². The highest BCUT2D eigenvalue weighted by Crippen LogP contribution is 2.16. The van der Waals surface area contributed by atoms with E-state index in [1.807, 2.05) is 27.7 Å². The van der Waals surface area contributed by atoms with Crippen molar-refractivity contribution in [1.82, 2.24) is 16.0 Å². The summed E-state index contributed by atoms with van der Waals surface area (Å²) >= 11 is 0. The molecule has 0 unspecified atom stereocenters. The fourth-order valence-corrected chi connectivity index (χ4v) is 1.79. The van der Waals surface area contributed by atoms with Crippen LogP contribution in [-0.4, -0.2) is 35.6 Å². The van der Waals surface area contributed by atoms with Gasteiger partial charge in [-0.2, -0.15) is 0 Å². The fourth-order valence-electron chi connectivity index (χ4n) is 1.79. The van der Waals surface area contributed by atoms with Crippen molar-refractivity contribution in [3.63, 3.8) is 0 Å². The Morgan fingerprint density at radius 2 is 1.96 bits per heavy atom. The number of carbonyl (C=O) groups is 1. The molecule has 8 heteroatoms. The Bertz CT molecular complexity index is 574. The van der Waals surface area contributed by atoms with Crippen molar-refractivity contribution in [1.29, 1.82) is 0 Å². The van der Waals surface area contributed by atoms with Crippen molar-refractivity contribution in [3.8, 4) is 5.75 Å². The first-order valence-corrected chi connectivity index (χ1v) is 7.52. The van der Waals surface area contributed by atoms with Crippen LogP contribution in [0, 0.1) is 5.82 Å². The zero-order valence-electron chi connectivity index (χ0n) is 14.4. The number of carbonyl (C=O) groups excluding carboxylic acids is 1. The van der Waals surface area contributed by atoms with Crippen LogP contribution in [0.15, 0.2) is 23.2 Å². The number of nitrogens with zero attached hydrogens (tertiary/aromatic N) is 1. The standard InChI is InChI=1S/C16H25FN4O2.HI/c1-5-18-15(20-10-14(23)21-16(2,3)4)19-9-11-6-7-13(22)12(17)8-11;/h6-8,22H,5,9-10H2,1-4H3,(H,21,23)(H2,18,19,20);1H. The van der Waals surface area contributed by atoms with E-state index in [1.165, 1.54) is 12.1 Å². The lowest BCUT2D eigenvalue weighted by molar-refractivity contribution is -0.121. The van der Waals surface area contributed by atoms with E-state index in [4.69, 9.17) is 5.11 Å². The Balaban J connectivity index is 0.00000529. The highest BCUT2D eigenvalue weighted by molar-refractivity contribution is 14.0. The van der Waals surface area contributed by atoms with E-state index in [1.54, 1.807) is 6.07 Å². The molecule has 1 amide bonds. The van der Waals surface area contributed by atoms with Crippen LogP contribution in [0.4, 0.5) is 4.39 Å². The molecular formula is C16H26FIN4O2. The summed E-state index contributed by atoms with van der Waals surface area (Å²) in [4.78, 5) is 16.1. The molecule has 1 aromatic carbocycles. The SMILES string of the molecule is CCNC(=NCc1ccc(O)c(F)c1)NCC(=O)NC(C)(C)C.I. The van der Waals surface area contributed by atoms with Crippen molar-refractivity contribution in [2.24, 2.45) is 4.99 Å². The van der Waals surface area contributed by atoms with Gasteiger partial charge in [-0.1, -0.05) is 6.07 Å². The Morgan fingerprint density at radius 3 is 2.50 bits per heavy atom. The molecule has 0 aliphatic rings. The first kappa shape index (κ1) is 22.4. The number of halogens is 2. The van der Waals surface area contributed by atoms with Crippen molar-refractivity contribution in [2.75, 3.05) is 13.1 Å². The molecule has 0 bridgehead atoms. The van der Waals surface area contributed by atoms with E-state index in [9.17, 15) is 9.18 Å². The first-order chi connectivity index (χ1) is 10.7. The van der Waals surface area contributed by atoms with E-state index in [2.05, 4.69) is 20.9 Å². The Kier molecular flexibility index (Phi) is 9.64. The van der Waals surface area contributed by atoms with Crippen molar-refractivity contribution >= 4 is 35.8 Å². The second-order valence-corrected chi connectivity index (χ2v) is 6.13. The van der Waals surface area contributed by atoms with E-state index >= 15 is 0 Å². The minimum Gasteiger partial charge on any atom is -0.505 e. The summed E-state index contributed by atoms with van der Waals surface area (Å²) < 4.78 is 13.3. The smallest absolute Gasteiger partial charge is 0.239 e. The molecule has 0 aliphatic heterocycles. The molecule has 0 radical (unpaired) electrons. The van der Waals surface area contributed by atoms with Gasteiger partial charge in [-0.3, -0.25) is 4.79 Å². The fraction of sp³-hybridized carbons (Fsp3) is 0.500. The summed E-state index contributed by atoms with van der Waals surface area (Å²) in [6.07, 6.45) is 0. The van der Waals surface area contributed by atoms with Crippen LogP contribution >= 0.6 is 24.0 Å². The third-order valence-electron chi connectivity index (χ3n) is 2.71. The molecule has 0 heterocycles. The Labute approximate surface area is 159 Å². The Morgan fingerprint density at radius 1 is 1.29 bits per heavy atom. The molecule has 0 spiro atoms. The molecule has 0 atom stereocenters. The van der Waals surface area contributed by atoms with Gasteiger partial charge < -0.3 is 21.1 Å². The Hall–Kier alpha value is -1.58. The summed E-state index contributed by atoms with van der Waals surface area (Å²) in [6.45, 7) is 8.58. The van der Waals surface area contributed by atoms with E-state index in [-0.39, 0.29) is 54.3 Å². The summed E-state index contributed by atoms with van der Waals surface area (Å²) in [6, 6.07) is 4.11.